The second-order valence-corrected chi connectivity index (χ2v) is 6.47. The molecule has 2 aromatic heterocycles. The molecule has 0 spiro atoms. The van der Waals surface area contributed by atoms with E-state index < -0.39 is 0 Å². The van der Waals surface area contributed by atoms with Crippen molar-refractivity contribution in [2.75, 3.05) is 13.1 Å². The topological polar surface area (TPSA) is 37.6 Å². The van der Waals surface area contributed by atoms with Gasteiger partial charge in [-0.15, -0.1) is 0 Å². The summed E-state index contributed by atoms with van der Waals surface area (Å²) in [6.07, 6.45) is 4.32. The fraction of sp³-hybridized carbons (Fsp3) is 0.571. The van der Waals surface area contributed by atoms with Crippen LogP contribution in [0.1, 0.15) is 53.7 Å². The number of rotatable bonds is 2. The van der Waals surface area contributed by atoms with E-state index in [-0.39, 0.29) is 5.91 Å². The van der Waals surface area contributed by atoms with E-state index in [1.165, 1.54) is 11.3 Å². The predicted octanol–water partition coefficient (Wildman–Crippen LogP) is 3.06. The van der Waals surface area contributed by atoms with E-state index >= 15 is 0 Å². The van der Waals surface area contributed by atoms with E-state index in [1.54, 1.807) is 0 Å². The molecule has 1 saturated heterocycles. The molecule has 3 heterocycles. The number of fused-ring (bicyclic) bond motifs is 1. The lowest BCUT2D eigenvalue weighted by molar-refractivity contribution is 0.0796. The van der Waals surface area contributed by atoms with E-state index in [0.29, 0.717) is 5.92 Å². The molecular formula is C14H19N3OS. The maximum Gasteiger partial charge on any atom is 0.265 e. The Kier molecular flexibility index (Phi) is 3.09. The first kappa shape index (κ1) is 12.7. The second kappa shape index (κ2) is 4.63. The van der Waals surface area contributed by atoms with Crippen molar-refractivity contribution < 1.29 is 4.79 Å². The van der Waals surface area contributed by atoms with Gasteiger partial charge in [0.1, 0.15) is 4.88 Å². The number of hydrogen-bond acceptors (Lipinski definition) is 3. The summed E-state index contributed by atoms with van der Waals surface area (Å²) < 4.78 is 2.06. The summed E-state index contributed by atoms with van der Waals surface area (Å²) in [6, 6.07) is 0. The van der Waals surface area contributed by atoms with Crippen LogP contribution >= 0.6 is 11.3 Å². The maximum absolute atomic E-state index is 12.4. The number of amides is 1. The number of aromatic nitrogens is 2. The van der Waals surface area contributed by atoms with Crippen LogP contribution in [0.2, 0.25) is 0 Å². The van der Waals surface area contributed by atoms with E-state index in [9.17, 15) is 4.79 Å². The third-order valence-corrected chi connectivity index (χ3v) is 4.90. The van der Waals surface area contributed by atoms with Gasteiger partial charge in [-0.05, 0) is 25.7 Å². The van der Waals surface area contributed by atoms with Crippen LogP contribution in [0, 0.1) is 6.92 Å². The zero-order chi connectivity index (χ0) is 13.6. The lowest BCUT2D eigenvalue weighted by atomic mass is 10.2. The minimum absolute atomic E-state index is 0.177. The highest BCUT2D eigenvalue weighted by molar-refractivity contribution is 7.19. The highest BCUT2D eigenvalue weighted by Crippen LogP contribution is 2.27. The van der Waals surface area contributed by atoms with Crippen LogP contribution in [0.15, 0.2) is 6.20 Å². The Morgan fingerprint density at radius 2 is 2.05 bits per heavy atom. The summed E-state index contributed by atoms with van der Waals surface area (Å²) in [5, 5.41) is 0. The minimum atomic E-state index is 0.177. The molecule has 1 aliphatic rings. The van der Waals surface area contributed by atoms with Crippen LogP contribution in [0.25, 0.3) is 4.96 Å². The summed E-state index contributed by atoms with van der Waals surface area (Å²) in [5.41, 5.74) is 2.12. The van der Waals surface area contributed by atoms with Crippen molar-refractivity contribution in [2.24, 2.45) is 0 Å². The highest BCUT2D eigenvalue weighted by atomic mass is 32.1. The molecule has 0 atom stereocenters. The first-order chi connectivity index (χ1) is 9.08. The lowest BCUT2D eigenvalue weighted by Crippen LogP contribution is -2.27. The average molecular weight is 277 g/mol. The third kappa shape index (κ3) is 2.06. The van der Waals surface area contributed by atoms with Crippen LogP contribution in [0.4, 0.5) is 0 Å². The smallest absolute Gasteiger partial charge is 0.265 e. The third-order valence-electron chi connectivity index (χ3n) is 3.75. The molecule has 1 aliphatic heterocycles. The number of carbonyl (C=O) groups excluding carboxylic acids is 1. The molecule has 4 nitrogen and oxygen atoms in total. The number of hydrogen-bond donors (Lipinski definition) is 0. The number of aryl methyl sites for hydroxylation is 1. The van der Waals surface area contributed by atoms with Crippen molar-refractivity contribution in [2.45, 2.75) is 39.5 Å². The molecular weight excluding hydrogens is 258 g/mol. The Morgan fingerprint density at radius 1 is 1.37 bits per heavy atom. The summed E-state index contributed by atoms with van der Waals surface area (Å²) >= 11 is 1.52. The van der Waals surface area contributed by atoms with Gasteiger partial charge in [-0.1, -0.05) is 25.2 Å². The van der Waals surface area contributed by atoms with Gasteiger partial charge in [0.25, 0.3) is 5.91 Å². The summed E-state index contributed by atoms with van der Waals surface area (Å²) in [7, 11) is 0. The zero-order valence-corrected chi connectivity index (χ0v) is 12.5. The first-order valence-electron chi connectivity index (χ1n) is 6.85. The Bertz CT molecular complexity index is 620. The largest absolute Gasteiger partial charge is 0.338 e. The lowest BCUT2D eigenvalue weighted by Gasteiger charge is -2.14. The number of nitrogens with zero attached hydrogens (tertiary/aromatic N) is 3. The Morgan fingerprint density at radius 3 is 2.63 bits per heavy atom. The Hall–Kier alpha value is -1.36. The van der Waals surface area contributed by atoms with E-state index in [1.807, 2.05) is 11.8 Å². The Balaban J connectivity index is 1.98. The predicted molar refractivity (Wildman–Crippen MR) is 77.0 cm³/mol. The van der Waals surface area contributed by atoms with Crippen LogP contribution in [0.5, 0.6) is 0 Å². The van der Waals surface area contributed by atoms with Gasteiger partial charge in [0.15, 0.2) is 4.96 Å². The van der Waals surface area contributed by atoms with Gasteiger partial charge in [-0.2, -0.15) is 0 Å². The van der Waals surface area contributed by atoms with Crippen LogP contribution in [0.3, 0.4) is 0 Å². The molecule has 1 fully saturated rings. The van der Waals surface area contributed by atoms with E-state index in [4.69, 9.17) is 0 Å². The quantitative estimate of drug-likeness (QED) is 0.846. The molecule has 0 aliphatic carbocycles. The molecule has 0 saturated carbocycles. The first-order valence-corrected chi connectivity index (χ1v) is 7.67. The normalized spacial score (nSPS) is 15.9. The van der Waals surface area contributed by atoms with Gasteiger partial charge in [-0.25, -0.2) is 4.98 Å². The molecule has 0 N–H and O–H groups in total. The number of carbonyl (C=O) groups is 1. The van der Waals surface area contributed by atoms with Crippen LogP contribution in [-0.4, -0.2) is 33.3 Å². The van der Waals surface area contributed by atoms with Crippen molar-refractivity contribution in [3.8, 4) is 0 Å². The second-order valence-electron chi connectivity index (χ2n) is 5.49. The zero-order valence-electron chi connectivity index (χ0n) is 11.6. The fourth-order valence-corrected chi connectivity index (χ4v) is 3.59. The standard InChI is InChI=1S/C14H19N3OS/c1-9(2)11-8-17-10(3)12(19-14(17)15-11)13(18)16-6-4-5-7-16/h8-9H,4-7H2,1-3H3. The van der Waals surface area contributed by atoms with Crippen molar-refractivity contribution in [3.63, 3.8) is 0 Å². The molecule has 102 valence electrons. The van der Waals surface area contributed by atoms with Gasteiger partial charge in [-0.3, -0.25) is 9.20 Å². The Labute approximate surface area is 117 Å². The van der Waals surface area contributed by atoms with Gasteiger partial charge in [0.05, 0.1) is 5.69 Å². The van der Waals surface area contributed by atoms with Gasteiger partial charge in [0, 0.05) is 25.0 Å². The summed E-state index contributed by atoms with van der Waals surface area (Å²) in [4.78, 5) is 20.8. The highest BCUT2D eigenvalue weighted by Gasteiger charge is 2.24. The molecule has 1 amide bonds. The maximum atomic E-state index is 12.4. The summed E-state index contributed by atoms with van der Waals surface area (Å²) in [6.45, 7) is 8.08. The minimum Gasteiger partial charge on any atom is -0.338 e. The fourth-order valence-electron chi connectivity index (χ4n) is 2.51. The van der Waals surface area contributed by atoms with Gasteiger partial charge >= 0.3 is 0 Å². The van der Waals surface area contributed by atoms with Crippen molar-refractivity contribution in [3.05, 3.63) is 22.5 Å². The molecule has 2 aromatic rings. The molecule has 0 aromatic carbocycles. The van der Waals surface area contributed by atoms with Gasteiger partial charge < -0.3 is 4.90 Å². The molecule has 0 unspecified atom stereocenters. The van der Waals surface area contributed by atoms with Crippen molar-refractivity contribution >= 4 is 22.2 Å². The van der Waals surface area contributed by atoms with Gasteiger partial charge in [0.2, 0.25) is 0 Å². The van der Waals surface area contributed by atoms with E-state index in [2.05, 4.69) is 29.4 Å². The number of likely N-dealkylation sites (tertiary alicyclic amines) is 1. The molecule has 3 rings (SSSR count). The van der Waals surface area contributed by atoms with Crippen molar-refractivity contribution in [1.29, 1.82) is 0 Å². The number of imidazole rings is 1. The van der Waals surface area contributed by atoms with Crippen molar-refractivity contribution in [1.82, 2.24) is 14.3 Å². The van der Waals surface area contributed by atoms with Crippen LogP contribution in [-0.2, 0) is 0 Å². The molecule has 0 radical (unpaired) electrons. The summed E-state index contributed by atoms with van der Waals surface area (Å²) in [5.74, 6) is 0.598. The molecule has 5 heteroatoms. The molecule has 19 heavy (non-hydrogen) atoms. The number of thiazole rings is 1. The SMILES string of the molecule is Cc1c(C(=O)N2CCCC2)sc2nc(C(C)C)cn12. The monoisotopic (exact) mass is 277 g/mol. The average Bonchev–Trinajstić information content (AvgIpc) is 3.06. The van der Waals surface area contributed by atoms with Crippen LogP contribution < -0.4 is 0 Å². The van der Waals surface area contributed by atoms with E-state index in [0.717, 1.165) is 47.2 Å². The molecule has 0 bridgehead atoms.